The van der Waals surface area contributed by atoms with Crippen molar-refractivity contribution in [3.63, 3.8) is 0 Å². The lowest BCUT2D eigenvalue weighted by atomic mass is 10.2. The van der Waals surface area contributed by atoms with Crippen LogP contribution in [0, 0.1) is 0 Å². The number of halogens is 1. The first-order valence-electron chi connectivity index (χ1n) is 7.18. The average Bonchev–Trinajstić information content (AvgIpc) is 2.76. The fourth-order valence-corrected chi connectivity index (χ4v) is 2.25. The SMILES string of the molecule is Cl.NC(=O)c1cccc(OCCC(=O)N2CCCNCC2)c1. The molecular formula is C15H22ClN3O3. The van der Waals surface area contributed by atoms with Crippen LogP contribution in [0.4, 0.5) is 0 Å². The van der Waals surface area contributed by atoms with Crippen LogP contribution in [-0.2, 0) is 4.79 Å². The number of carbonyl (C=O) groups is 2. The highest BCUT2D eigenvalue weighted by molar-refractivity contribution is 5.93. The molecule has 6 nitrogen and oxygen atoms in total. The lowest BCUT2D eigenvalue weighted by Gasteiger charge is -2.19. The molecule has 0 aromatic heterocycles. The van der Waals surface area contributed by atoms with Crippen molar-refractivity contribution in [2.75, 3.05) is 32.8 Å². The summed E-state index contributed by atoms with van der Waals surface area (Å²) in [6, 6.07) is 6.66. The lowest BCUT2D eigenvalue weighted by Crippen LogP contribution is -2.34. The topological polar surface area (TPSA) is 84.7 Å². The van der Waals surface area contributed by atoms with Crippen LogP contribution >= 0.6 is 12.4 Å². The Morgan fingerprint density at radius 2 is 2.09 bits per heavy atom. The third kappa shape index (κ3) is 5.54. The molecule has 2 amide bonds. The Morgan fingerprint density at radius 1 is 1.27 bits per heavy atom. The van der Waals surface area contributed by atoms with E-state index in [1.807, 2.05) is 4.90 Å². The third-order valence-corrected chi connectivity index (χ3v) is 3.40. The number of nitrogens with zero attached hydrogens (tertiary/aromatic N) is 1. The van der Waals surface area contributed by atoms with E-state index < -0.39 is 5.91 Å². The highest BCUT2D eigenvalue weighted by Crippen LogP contribution is 2.13. The van der Waals surface area contributed by atoms with Gasteiger partial charge >= 0.3 is 0 Å². The Bertz CT molecular complexity index is 503. The fraction of sp³-hybridized carbons (Fsp3) is 0.467. The molecule has 1 aliphatic rings. The molecule has 0 atom stereocenters. The first-order valence-corrected chi connectivity index (χ1v) is 7.18. The molecule has 0 unspecified atom stereocenters. The summed E-state index contributed by atoms with van der Waals surface area (Å²) >= 11 is 0. The molecule has 1 aliphatic heterocycles. The highest BCUT2D eigenvalue weighted by atomic mass is 35.5. The summed E-state index contributed by atoms with van der Waals surface area (Å²) in [5.41, 5.74) is 5.61. The fourth-order valence-electron chi connectivity index (χ4n) is 2.25. The molecule has 0 radical (unpaired) electrons. The van der Waals surface area contributed by atoms with Gasteiger partial charge < -0.3 is 20.7 Å². The molecule has 7 heteroatoms. The minimum Gasteiger partial charge on any atom is -0.493 e. The summed E-state index contributed by atoms with van der Waals surface area (Å²) in [5, 5.41) is 3.26. The van der Waals surface area contributed by atoms with Crippen molar-refractivity contribution in [1.29, 1.82) is 0 Å². The van der Waals surface area contributed by atoms with E-state index in [1.54, 1.807) is 24.3 Å². The summed E-state index contributed by atoms with van der Waals surface area (Å²) in [6.07, 6.45) is 1.31. The van der Waals surface area contributed by atoms with Crippen molar-refractivity contribution in [3.05, 3.63) is 29.8 Å². The van der Waals surface area contributed by atoms with Gasteiger partial charge in [-0.15, -0.1) is 12.4 Å². The monoisotopic (exact) mass is 327 g/mol. The maximum absolute atomic E-state index is 12.1. The van der Waals surface area contributed by atoms with Gasteiger partial charge in [-0.05, 0) is 31.2 Å². The number of hydrogen-bond donors (Lipinski definition) is 2. The van der Waals surface area contributed by atoms with E-state index in [2.05, 4.69) is 5.32 Å². The molecule has 1 aromatic carbocycles. The highest BCUT2D eigenvalue weighted by Gasteiger charge is 2.15. The minimum absolute atomic E-state index is 0. The Balaban J connectivity index is 0.00000242. The Hall–Kier alpha value is -1.79. The average molecular weight is 328 g/mol. The van der Waals surface area contributed by atoms with Gasteiger partial charge in [-0.2, -0.15) is 0 Å². The number of carbonyl (C=O) groups excluding carboxylic acids is 2. The summed E-state index contributed by atoms with van der Waals surface area (Å²) in [7, 11) is 0. The second kappa shape index (κ2) is 9.27. The normalized spacial score (nSPS) is 14.6. The zero-order valence-corrected chi connectivity index (χ0v) is 13.2. The molecule has 122 valence electrons. The van der Waals surface area contributed by atoms with Crippen LogP contribution < -0.4 is 15.8 Å². The van der Waals surface area contributed by atoms with E-state index in [4.69, 9.17) is 10.5 Å². The second-order valence-corrected chi connectivity index (χ2v) is 4.97. The van der Waals surface area contributed by atoms with Gasteiger partial charge in [0.05, 0.1) is 13.0 Å². The molecule has 3 N–H and O–H groups in total. The number of amides is 2. The standard InChI is InChI=1S/C15H21N3O3.ClH/c16-15(20)12-3-1-4-13(11-12)21-10-5-14(19)18-8-2-6-17-7-9-18;/h1,3-4,11,17H,2,5-10H2,(H2,16,20);1H. The van der Waals surface area contributed by atoms with Crippen LogP contribution in [0.3, 0.4) is 0 Å². The van der Waals surface area contributed by atoms with Crippen LogP contribution in [0.25, 0.3) is 0 Å². The Labute approximate surface area is 136 Å². The van der Waals surface area contributed by atoms with Gasteiger partial charge in [0.25, 0.3) is 0 Å². The predicted octanol–water partition coefficient (Wildman–Crippen LogP) is 0.798. The third-order valence-electron chi connectivity index (χ3n) is 3.40. The summed E-state index contributed by atoms with van der Waals surface area (Å²) < 4.78 is 5.52. The van der Waals surface area contributed by atoms with Crippen LogP contribution in [0.2, 0.25) is 0 Å². The maximum Gasteiger partial charge on any atom is 0.248 e. The molecule has 0 aliphatic carbocycles. The van der Waals surface area contributed by atoms with Crippen molar-refractivity contribution in [2.45, 2.75) is 12.8 Å². The van der Waals surface area contributed by atoms with Crippen molar-refractivity contribution in [3.8, 4) is 5.75 Å². The van der Waals surface area contributed by atoms with Gasteiger partial charge in [-0.1, -0.05) is 6.07 Å². The number of nitrogens with one attached hydrogen (secondary N) is 1. The van der Waals surface area contributed by atoms with Gasteiger partial charge in [0.15, 0.2) is 0 Å². The van der Waals surface area contributed by atoms with Crippen LogP contribution in [0.1, 0.15) is 23.2 Å². The first-order chi connectivity index (χ1) is 10.2. The quantitative estimate of drug-likeness (QED) is 0.837. The molecule has 22 heavy (non-hydrogen) atoms. The molecule has 1 fully saturated rings. The van der Waals surface area contributed by atoms with Gasteiger partial charge in [-0.3, -0.25) is 9.59 Å². The zero-order valence-electron chi connectivity index (χ0n) is 12.4. The van der Waals surface area contributed by atoms with E-state index >= 15 is 0 Å². The van der Waals surface area contributed by atoms with E-state index in [9.17, 15) is 9.59 Å². The lowest BCUT2D eigenvalue weighted by molar-refractivity contribution is -0.131. The molecule has 2 rings (SSSR count). The van der Waals surface area contributed by atoms with Crippen molar-refractivity contribution in [2.24, 2.45) is 5.73 Å². The van der Waals surface area contributed by atoms with Crippen LogP contribution in [0.15, 0.2) is 24.3 Å². The molecule has 1 aromatic rings. The Kier molecular flexibility index (Phi) is 7.70. The van der Waals surface area contributed by atoms with Crippen LogP contribution in [0.5, 0.6) is 5.75 Å². The minimum atomic E-state index is -0.492. The summed E-state index contributed by atoms with van der Waals surface area (Å²) in [4.78, 5) is 25.0. The molecule has 0 bridgehead atoms. The molecular weight excluding hydrogens is 306 g/mol. The van der Waals surface area contributed by atoms with Gasteiger partial charge in [-0.25, -0.2) is 0 Å². The number of hydrogen-bond acceptors (Lipinski definition) is 4. The number of rotatable bonds is 5. The largest absolute Gasteiger partial charge is 0.493 e. The van der Waals surface area contributed by atoms with E-state index in [-0.39, 0.29) is 18.3 Å². The molecule has 0 spiro atoms. The Morgan fingerprint density at radius 3 is 2.86 bits per heavy atom. The predicted molar refractivity (Wildman–Crippen MR) is 86.4 cm³/mol. The van der Waals surface area contributed by atoms with Crippen molar-refractivity contribution < 1.29 is 14.3 Å². The maximum atomic E-state index is 12.1. The second-order valence-electron chi connectivity index (χ2n) is 4.97. The smallest absolute Gasteiger partial charge is 0.248 e. The van der Waals surface area contributed by atoms with E-state index in [0.29, 0.717) is 24.3 Å². The van der Waals surface area contributed by atoms with Crippen molar-refractivity contribution >= 4 is 24.2 Å². The molecule has 0 saturated carbocycles. The number of primary amides is 1. The zero-order chi connectivity index (χ0) is 15.1. The number of nitrogens with two attached hydrogens (primary N) is 1. The molecule has 1 saturated heterocycles. The molecule has 1 heterocycles. The number of ether oxygens (including phenoxy) is 1. The van der Waals surface area contributed by atoms with Crippen LogP contribution in [-0.4, -0.2) is 49.5 Å². The van der Waals surface area contributed by atoms with Gasteiger partial charge in [0.1, 0.15) is 5.75 Å². The van der Waals surface area contributed by atoms with E-state index in [1.165, 1.54) is 0 Å². The summed E-state index contributed by atoms with van der Waals surface area (Å²) in [6.45, 7) is 3.64. The number of benzene rings is 1. The first kappa shape index (κ1) is 18.3. The van der Waals surface area contributed by atoms with Gasteiger partial charge in [0, 0.05) is 25.2 Å². The summed E-state index contributed by atoms with van der Waals surface area (Å²) in [5.74, 6) is 0.162. The van der Waals surface area contributed by atoms with Gasteiger partial charge in [0.2, 0.25) is 11.8 Å². The van der Waals surface area contributed by atoms with Crippen molar-refractivity contribution in [1.82, 2.24) is 10.2 Å². The van der Waals surface area contributed by atoms with E-state index in [0.717, 1.165) is 32.6 Å².